The Balaban J connectivity index is 5.12. The molecule has 0 saturated heterocycles. The monoisotopic (exact) mass is 434 g/mol. The Hall–Kier alpha value is -2.43. The summed E-state index contributed by atoms with van der Waals surface area (Å²) < 4.78 is 19.5. The predicted octanol–water partition coefficient (Wildman–Crippen LogP) is 2.33. The number of nitrogens with one attached hydrogen (secondary N) is 2. The summed E-state index contributed by atoms with van der Waals surface area (Å²) in [5.74, 6) is -1.50. The van der Waals surface area contributed by atoms with Gasteiger partial charge in [-0.05, 0) is 41.5 Å². The van der Waals surface area contributed by atoms with E-state index in [4.69, 9.17) is 9.47 Å². The fourth-order valence-corrected chi connectivity index (χ4v) is 2.47. The summed E-state index contributed by atoms with van der Waals surface area (Å²) in [6.45, 7) is 10.1. The Morgan fingerprint density at radius 2 is 1.41 bits per heavy atom. The van der Waals surface area contributed by atoms with Crippen LogP contribution in [0.3, 0.4) is 0 Å². The highest BCUT2D eigenvalue weighted by molar-refractivity contribution is 8.02. The first kappa shape index (κ1) is 26.6. The highest BCUT2D eigenvalue weighted by Gasteiger charge is 2.25. The Morgan fingerprint density at radius 3 is 1.86 bits per heavy atom. The second-order valence-corrected chi connectivity index (χ2v) is 8.61. The molecule has 0 fully saturated rings. The SMILES string of the molecule is COC(=O)/C(=C/SC[C@H](NC(=O)OC(C)(C)C)C(=O)OC)NC(=O)OC(C)(C)C. The lowest BCUT2D eigenvalue weighted by Crippen LogP contribution is -2.45. The molecule has 10 nitrogen and oxygen atoms in total. The number of ether oxygens (including phenoxy) is 4. The molecule has 0 radical (unpaired) electrons. The van der Waals surface area contributed by atoms with E-state index in [9.17, 15) is 19.2 Å². The molecule has 0 aliphatic carbocycles. The van der Waals surface area contributed by atoms with Crippen LogP contribution in [0, 0.1) is 0 Å². The molecule has 0 aromatic heterocycles. The molecular formula is C18H30N2O8S. The van der Waals surface area contributed by atoms with E-state index < -0.39 is 41.4 Å². The minimum Gasteiger partial charge on any atom is -0.467 e. The molecule has 0 bridgehead atoms. The number of carbonyl (C=O) groups excluding carboxylic acids is 4. The Labute approximate surface area is 175 Å². The van der Waals surface area contributed by atoms with Gasteiger partial charge in [-0.2, -0.15) is 0 Å². The standard InChI is InChI=1S/C18H30N2O8S/c1-17(2,3)27-15(23)19-11(13(21)25-7)9-29-10-12(14(22)26-8)20-16(24)28-18(4,5)6/h9,12H,10H2,1-8H3,(H,19,23)(H,20,24)/b11-9-/t12-/m0/s1. The van der Waals surface area contributed by atoms with Crippen LogP contribution in [0.5, 0.6) is 0 Å². The topological polar surface area (TPSA) is 129 Å². The average Bonchev–Trinajstić information content (AvgIpc) is 2.55. The van der Waals surface area contributed by atoms with E-state index in [0.717, 1.165) is 18.9 Å². The quantitative estimate of drug-likeness (QED) is 0.352. The van der Waals surface area contributed by atoms with Crippen molar-refractivity contribution in [2.24, 2.45) is 0 Å². The van der Waals surface area contributed by atoms with E-state index in [0.29, 0.717) is 0 Å². The van der Waals surface area contributed by atoms with E-state index in [-0.39, 0.29) is 11.4 Å². The lowest BCUT2D eigenvalue weighted by atomic mass is 10.2. The second kappa shape index (κ2) is 11.5. The van der Waals surface area contributed by atoms with E-state index in [1.54, 1.807) is 41.5 Å². The molecule has 29 heavy (non-hydrogen) atoms. The van der Waals surface area contributed by atoms with Crippen LogP contribution in [0.4, 0.5) is 9.59 Å². The van der Waals surface area contributed by atoms with E-state index in [2.05, 4.69) is 20.1 Å². The van der Waals surface area contributed by atoms with Gasteiger partial charge in [-0.3, -0.25) is 5.32 Å². The summed E-state index contributed by atoms with van der Waals surface area (Å²) in [6, 6.07) is -1.04. The fraction of sp³-hybridized carbons (Fsp3) is 0.667. The second-order valence-electron chi connectivity index (χ2n) is 7.71. The zero-order valence-electron chi connectivity index (χ0n) is 18.0. The molecule has 0 heterocycles. The lowest BCUT2D eigenvalue weighted by molar-refractivity contribution is -0.142. The molecule has 166 valence electrons. The molecule has 2 N–H and O–H groups in total. The molecule has 0 aromatic rings. The van der Waals surface area contributed by atoms with Crippen molar-refractivity contribution in [2.75, 3.05) is 20.0 Å². The number of hydrogen-bond acceptors (Lipinski definition) is 9. The van der Waals surface area contributed by atoms with Crippen LogP contribution in [0.2, 0.25) is 0 Å². The zero-order valence-corrected chi connectivity index (χ0v) is 18.9. The van der Waals surface area contributed by atoms with Crippen molar-refractivity contribution in [3.05, 3.63) is 11.1 Å². The van der Waals surface area contributed by atoms with Crippen molar-refractivity contribution >= 4 is 35.9 Å². The molecule has 0 aliphatic rings. The van der Waals surface area contributed by atoms with Crippen LogP contribution in [0.15, 0.2) is 11.1 Å². The number of esters is 2. The van der Waals surface area contributed by atoms with Gasteiger partial charge in [-0.1, -0.05) is 0 Å². The number of hydrogen-bond donors (Lipinski definition) is 2. The van der Waals surface area contributed by atoms with Crippen molar-refractivity contribution in [1.82, 2.24) is 10.6 Å². The van der Waals surface area contributed by atoms with Crippen LogP contribution in [0.25, 0.3) is 0 Å². The number of rotatable bonds is 7. The third-order valence-electron chi connectivity index (χ3n) is 2.68. The molecule has 1 atom stereocenters. The third kappa shape index (κ3) is 12.6. The Kier molecular flexibility index (Phi) is 10.6. The Morgan fingerprint density at radius 1 is 0.897 bits per heavy atom. The summed E-state index contributed by atoms with van der Waals surface area (Å²) in [5.41, 5.74) is -1.69. The predicted molar refractivity (Wildman–Crippen MR) is 107 cm³/mol. The highest BCUT2D eigenvalue weighted by atomic mass is 32.2. The van der Waals surface area contributed by atoms with Gasteiger partial charge in [0.2, 0.25) is 0 Å². The van der Waals surface area contributed by atoms with Gasteiger partial charge in [0.05, 0.1) is 14.2 Å². The number of methoxy groups -OCH3 is 2. The summed E-state index contributed by atoms with van der Waals surface area (Å²) in [7, 11) is 2.33. The van der Waals surface area contributed by atoms with Gasteiger partial charge in [0.25, 0.3) is 0 Å². The third-order valence-corrected chi connectivity index (χ3v) is 3.61. The van der Waals surface area contributed by atoms with Crippen LogP contribution in [-0.4, -0.2) is 61.3 Å². The fourth-order valence-electron chi connectivity index (χ4n) is 1.64. The normalized spacial score (nSPS) is 13.0. The molecule has 2 amide bonds. The minimum absolute atomic E-state index is 0.00239. The van der Waals surface area contributed by atoms with E-state index in [1.807, 2.05) is 0 Å². The summed E-state index contributed by atoms with van der Waals surface area (Å²) in [4.78, 5) is 47.5. The van der Waals surface area contributed by atoms with Gasteiger partial charge >= 0.3 is 24.1 Å². The lowest BCUT2D eigenvalue weighted by Gasteiger charge is -2.22. The molecule has 0 aromatic carbocycles. The highest BCUT2D eigenvalue weighted by Crippen LogP contribution is 2.13. The first-order valence-electron chi connectivity index (χ1n) is 8.66. The average molecular weight is 435 g/mol. The number of carbonyl (C=O) groups is 4. The summed E-state index contributed by atoms with van der Waals surface area (Å²) >= 11 is 0.973. The van der Waals surface area contributed by atoms with Crippen molar-refractivity contribution in [2.45, 2.75) is 58.8 Å². The van der Waals surface area contributed by atoms with E-state index in [1.165, 1.54) is 12.5 Å². The molecule has 0 unspecified atom stereocenters. The largest absolute Gasteiger partial charge is 0.467 e. The summed E-state index contributed by atoms with van der Waals surface area (Å²) in [5, 5.41) is 5.97. The van der Waals surface area contributed by atoms with E-state index >= 15 is 0 Å². The van der Waals surface area contributed by atoms with Gasteiger partial charge in [-0.15, -0.1) is 11.8 Å². The van der Waals surface area contributed by atoms with Gasteiger partial charge in [-0.25, -0.2) is 19.2 Å². The maximum atomic E-state index is 11.9. The number of amides is 2. The maximum Gasteiger partial charge on any atom is 0.412 e. The van der Waals surface area contributed by atoms with Crippen molar-refractivity contribution in [3.8, 4) is 0 Å². The van der Waals surface area contributed by atoms with Gasteiger partial charge in [0, 0.05) is 11.2 Å². The van der Waals surface area contributed by atoms with Gasteiger partial charge < -0.3 is 24.3 Å². The molecular weight excluding hydrogens is 404 g/mol. The summed E-state index contributed by atoms with van der Waals surface area (Å²) in [6.07, 6.45) is -1.64. The van der Waals surface area contributed by atoms with Gasteiger partial charge in [0.1, 0.15) is 22.9 Å². The van der Waals surface area contributed by atoms with Crippen molar-refractivity contribution in [3.63, 3.8) is 0 Å². The van der Waals surface area contributed by atoms with Crippen LogP contribution < -0.4 is 10.6 Å². The minimum atomic E-state index is -1.04. The van der Waals surface area contributed by atoms with Crippen molar-refractivity contribution < 1.29 is 38.1 Å². The number of alkyl carbamates (subject to hydrolysis) is 2. The molecule has 0 rings (SSSR count). The molecule has 11 heteroatoms. The first-order valence-corrected chi connectivity index (χ1v) is 9.71. The first-order chi connectivity index (χ1) is 13.2. The van der Waals surface area contributed by atoms with Crippen LogP contribution in [-0.2, 0) is 28.5 Å². The van der Waals surface area contributed by atoms with Gasteiger partial charge in [0.15, 0.2) is 0 Å². The maximum absolute atomic E-state index is 11.9. The molecule has 0 aliphatic heterocycles. The Bertz CT molecular complexity index is 635. The smallest absolute Gasteiger partial charge is 0.412 e. The van der Waals surface area contributed by atoms with Crippen molar-refractivity contribution in [1.29, 1.82) is 0 Å². The molecule has 0 saturated carbocycles. The zero-order chi connectivity index (χ0) is 22.8. The van der Waals surface area contributed by atoms with Crippen LogP contribution >= 0.6 is 11.8 Å². The molecule has 0 spiro atoms. The van der Waals surface area contributed by atoms with Crippen LogP contribution in [0.1, 0.15) is 41.5 Å². The number of thioether (sulfide) groups is 1.